The van der Waals surface area contributed by atoms with Gasteiger partial charge >= 0.3 is 12.2 Å². The number of urea groups is 1. The van der Waals surface area contributed by atoms with Crippen molar-refractivity contribution in [1.29, 1.82) is 0 Å². The van der Waals surface area contributed by atoms with Gasteiger partial charge in [-0.05, 0) is 24.0 Å². The first-order valence-corrected chi connectivity index (χ1v) is 7.43. The Hall–Kier alpha value is -1.79. The topological polar surface area (TPSA) is 36.4 Å². The number of halogens is 3. The summed E-state index contributed by atoms with van der Waals surface area (Å²) >= 11 is 0. The summed E-state index contributed by atoms with van der Waals surface area (Å²) in [6, 6.07) is 1.04. The number of alkyl halides is 3. The number of carbonyl (C=O) groups excluding carboxylic acids is 1. The molecule has 4 nitrogen and oxygen atoms in total. The minimum atomic E-state index is -4.40. The van der Waals surface area contributed by atoms with Crippen molar-refractivity contribution in [2.45, 2.75) is 32.5 Å². The quantitative estimate of drug-likeness (QED) is 0.738. The molecule has 0 aliphatic carbocycles. The average molecular weight is 313 g/mol. The highest BCUT2D eigenvalue weighted by Crippen LogP contribution is 2.31. The van der Waals surface area contributed by atoms with Crippen LogP contribution in [0.4, 0.5) is 18.0 Å². The van der Waals surface area contributed by atoms with Gasteiger partial charge in [-0.25, -0.2) is 4.79 Å². The molecule has 7 heteroatoms. The summed E-state index contributed by atoms with van der Waals surface area (Å²) in [5.74, 6) is 0.486. The van der Waals surface area contributed by atoms with E-state index in [0.29, 0.717) is 30.1 Å². The maximum Gasteiger partial charge on any atom is 0.417 e. The van der Waals surface area contributed by atoms with Gasteiger partial charge in [0.2, 0.25) is 0 Å². The summed E-state index contributed by atoms with van der Waals surface area (Å²) in [6.07, 6.45) is -2.05. The minimum absolute atomic E-state index is 0.0765. The maximum absolute atomic E-state index is 12.8. The number of rotatable bonds is 0. The summed E-state index contributed by atoms with van der Waals surface area (Å²) in [7, 11) is 0. The zero-order valence-electron chi connectivity index (χ0n) is 12.4. The van der Waals surface area contributed by atoms with Crippen molar-refractivity contribution in [3.63, 3.8) is 0 Å². The highest BCUT2D eigenvalue weighted by atomic mass is 19.4. The van der Waals surface area contributed by atoms with Gasteiger partial charge in [0.1, 0.15) is 0 Å². The molecule has 1 unspecified atom stereocenters. The van der Waals surface area contributed by atoms with Gasteiger partial charge in [0, 0.05) is 44.5 Å². The molecule has 1 saturated heterocycles. The van der Waals surface area contributed by atoms with Crippen LogP contribution in [0.2, 0.25) is 0 Å². The van der Waals surface area contributed by atoms with Crippen LogP contribution in [0.1, 0.15) is 30.2 Å². The molecule has 2 aliphatic rings. The minimum Gasteiger partial charge on any atom is -0.324 e. The van der Waals surface area contributed by atoms with Crippen molar-refractivity contribution in [1.82, 2.24) is 14.8 Å². The lowest BCUT2D eigenvalue weighted by Gasteiger charge is -2.32. The van der Waals surface area contributed by atoms with E-state index in [4.69, 9.17) is 0 Å². The number of fused-ring (bicyclic) bond motifs is 1. The molecule has 120 valence electrons. The molecule has 1 aromatic heterocycles. The van der Waals surface area contributed by atoms with Crippen LogP contribution >= 0.6 is 0 Å². The van der Waals surface area contributed by atoms with Gasteiger partial charge in [-0.3, -0.25) is 4.98 Å². The Morgan fingerprint density at radius 1 is 1.32 bits per heavy atom. The third-order valence-corrected chi connectivity index (χ3v) is 4.33. The molecule has 1 atom stereocenters. The summed E-state index contributed by atoms with van der Waals surface area (Å²) < 4.78 is 38.3. The summed E-state index contributed by atoms with van der Waals surface area (Å²) in [4.78, 5) is 19.8. The van der Waals surface area contributed by atoms with Crippen LogP contribution in [-0.4, -0.2) is 40.4 Å². The number of carbonyl (C=O) groups is 1. The Labute approximate surface area is 126 Å². The SMILES string of the molecule is CC1CCN(C(=O)N2CCc3ncc(C(F)(F)F)cc3C2)C1. The van der Waals surface area contributed by atoms with E-state index in [9.17, 15) is 18.0 Å². The van der Waals surface area contributed by atoms with Crippen LogP contribution in [0.5, 0.6) is 0 Å². The normalized spacial score (nSPS) is 21.9. The number of hydrogen-bond donors (Lipinski definition) is 0. The van der Waals surface area contributed by atoms with E-state index in [1.165, 1.54) is 0 Å². The lowest BCUT2D eigenvalue weighted by Crippen LogP contribution is -2.44. The second-order valence-corrected chi connectivity index (χ2v) is 6.12. The average Bonchev–Trinajstić information content (AvgIpc) is 2.91. The van der Waals surface area contributed by atoms with Crippen LogP contribution in [0.15, 0.2) is 12.3 Å². The first-order valence-electron chi connectivity index (χ1n) is 7.43. The Morgan fingerprint density at radius 3 is 2.73 bits per heavy atom. The second kappa shape index (κ2) is 5.44. The van der Waals surface area contributed by atoms with Gasteiger partial charge in [0.15, 0.2) is 0 Å². The van der Waals surface area contributed by atoms with Crippen LogP contribution in [-0.2, 0) is 19.1 Å². The van der Waals surface area contributed by atoms with E-state index in [-0.39, 0.29) is 12.6 Å². The fourth-order valence-electron chi connectivity index (χ4n) is 3.05. The van der Waals surface area contributed by atoms with Crippen molar-refractivity contribution in [3.8, 4) is 0 Å². The Balaban J connectivity index is 1.76. The highest BCUT2D eigenvalue weighted by molar-refractivity contribution is 5.75. The number of amides is 2. The second-order valence-electron chi connectivity index (χ2n) is 6.12. The van der Waals surface area contributed by atoms with E-state index in [0.717, 1.165) is 31.8 Å². The first-order chi connectivity index (χ1) is 10.3. The van der Waals surface area contributed by atoms with Gasteiger partial charge in [-0.1, -0.05) is 6.92 Å². The highest BCUT2D eigenvalue weighted by Gasteiger charge is 2.34. The van der Waals surface area contributed by atoms with Crippen molar-refractivity contribution in [2.24, 2.45) is 5.92 Å². The largest absolute Gasteiger partial charge is 0.417 e. The van der Waals surface area contributed by atoms with Crippen LogP contribution in [0.3, 0.4) is 0 Å². The number of pyridine rings is 1. The summed E-state index contributed by atoms with van der Waals surface area (Å²) in [5.41, 5.74) is 0.406. The smallest absolute Gasteiger partial charge is 0.324 e. The number of nitrogens with zero attached hydrogens (tertiary/aromatic N) is 3. The Morgan fingerprint density at radius 2 is 2.09 bits per heavy atom. The predicted octanol–water partition coefficient (Wildman–Crippen LogP) is 2.92. The number of likely N-dealkylation sites (tertiary alicyclic amines) is 1. The van der Waals surface area contributed by atoms with Gasteiger partial charge in [-0.15, -0.1) is 0 Å². The standard InChI is InChI=1S/C15H18F3N3O/c1-10-2-4-20(8-10)14(22)21-5-3-13-11(9-21)6-12(7-19-13)15(16,17)18/h6-7,10H,2-5,8-9H2,1H3. The zero-order valence-corrected chi connectivity index (χ0v) is 12.4. The molecule has 2 amide bonds. The molecular weight excluding hydrogens is 295 g/mol. The molecule has 0 radical (unpaired) electrons. The molecule has 1 fully saturated rings. The summed E-state index contributed by atoms with van der Waals surface area (Å²) in [6.45, 7) is 4.26. The number of hydrogen-bond acceptors (Lipinski definition) is 2. The third kappa shape index (κ3) is 2.89. The molecule has 1 aromatic rings. The van der Waals surface area contributed by atoms with Crippen molar-refractivity contribution in [3.05, 3.63) is 29.1 Å². The van der Waals surface area contributed by atoms with Crippen LogP contribution in [0.25, 0.3) is 0 Å². The molecule has 0 aromatic carbocycles. The van der Waals surface area contributed by atoms with Crippen LogP contribution in [0, 0.1) is 5.92 Å². The third-order valence-electron chi connectivity index (χ3n) is 4.33. The molecule has 0 N–H and O–H groups in total. The van der Waals surface area contributed by atoms with E-state index in [1.807, 2.05) is 0 Å². The predicted molar refractivity (Wildman–Crippen MR) is 74.1 cm³/mol. The van der Waals surface area contributed by atoms with E-state index >= 15 is 0 Å². The van der Waals surface area contributed by atoms with Crippen molar-refractivity contribution in [2.75, 3.05) is 19.6 Å². The monoisotopic (exact) mass is 313 g/mol. The Bertz CT molecular complexity index is 588. The van der Waals surface area contributed by atoms with Crippen LogP contribution < -0.4 is 0 Å². The molecule has 3 heterocycles. The molecule has 0 spiro atoms. The lowest BCUT2D eigenvalue weighted by molar-refractivity contribution is -0.137. The maximum atomic E-state index is 12.8. The van der Waals surface area contributed by atoms with Crippen molar-refractivity contribution >= 4 is 6.03 Å². The number of aromatic nitrogens is 1. The lowest BCUT2D eigenvalue weighted by atomic mass is 10.0. The molecular formula is C15H18F3N3O. The molecule has 22 heavy (non-hydrogen) atoms. The fraction of sp³-hybridized carbons (Fsp3) is 0.600. The first kappa shape index (κ1) is 15.1. The van der Waals surface area contributed by atoms with Gasteiger partial charge in [0.25, 0.3) is 0 Å². The molecule has 3 rings (SSSR count). The van der Waals surface area contributed by atoms with Gasteiger partial charge in [-0.2, -0.15) is 13.2 Å². The summed E-state index contributed by atoms with van der Waals surface area (Å²) in [5, 5.41) is 0. The molecule has 0 bridgehead atoms. The zero-order chi connectivity index (χ0) is 15.9. The van der Waals surface area contributed by atoms with E-state index in [2.05, 4.69) is 11.9 Å². The fourth-order valence-corrected chi connectivity index (χ4v) is 3.05. The van der Waals surface area contributed by atoms with E-state index < -0.39 is 11.7 Å². The van der Waals surface area contributed by atoms with Gasteiger partial charge in [0.05, 0.1) is 5.56 Å². The molecule has 2 aliphatic heterocycles. The van der Waals surface area contributed by atoms with Crippen molar-refractivity contribution < 1.29 is 18.0 Å². The van der Waals surface area contributed by atoms with Gasteiger partial charge < -0.3 is 9.80 Å². The van der Waals surface area contributed by atoms with E-state index in [1.54, 1.807) is 9.80 Å². The molecule has 0 saturated carbocycles. The Kier molecular flexibility index (Phi) is 3.74.